The van der Waals surface area contributed by atoms with Crippen molar-refractivity contribution in [1.29, 1.82) is 0 Å². The SMILES string of the molecule is CCOC(=O)c1nnc(SC(C)CCOC)o1. The number of thioether (sulfide) groups is 1. The summed E-state index contributed by atoms with van der Waals surface area (Å²) in [6.07, 6.45) is 0.873. The van der Waals surface area contributed by atoms with Crippen LogP contribution < -0.4 is 0 Å². The maximum absolute atomic E-state index is 11.3. The first kappa shape index (κ1) is 14.0. The van der Waals surface area contributed by atoms with Gasteiger partial charge >= 0.3 is 11.9 Å². The molecule has 0 saturated carbocycles. The van der Waals surface area contributed by atoms with Crippen LogP contribution in [0.5, 0.6) is 0 Å². The fraction of sp³-hybridized carbons (Fsp3) is 0.700. The summed E-state index contributed by atoms with van der Waals surface area (Å²) in [5, 5.41) is 8.05. The van der Waals surface area contributed by atoms with Crippen LogP contribution in [0, 0.1) is 0 Å². The van der Waals surface area contributed by atoms with Gasteiger partial charge in [-0.1, -0.05) is 23.8 Å². The largest absolute Gasteiger partial charge is 0.459 e. The summed E-state index contributed by atoms with van der Waals surface area (Å²) >= 11 is 1.41. The van der Waals surface area contributed by atoms with E-state index in [0.717, 1.165) is 6.42 Å². The monoisotopic (exact) mass is 260 g/mol. The lowest BCUT2D eigenvalue weighted by molar-refractivity contribution is 0.0475. The highest BCUT2D eigenvalue weighted by Crippen LogP contribution is 2.23. The fourth-order valence-corrected chi connectivity index (χ4v) is 1.82. The minimum atomic E-state index is -0.587. The van der Waals surface area contributed by atoms with E-state index in [4.69, 9.17) is 13.9 Å². The minimum Gasteiger partial charge on any atom is -0.459 e. The molecule has 0 fully saturated rings. The lowest BCUT2D eigenvalue weighted by Crippen LogP contribution is -2.04. The lowest BCUT2D eigenvalue weighted by Gasteiger charge is -2.05. The molecule has 1 aromatic heterocycles. The second kappa shape index (κ2) is 7.29. The smallest absolute Gasteiger partial charge is 0.396 e. The van der Waals surface area contributed by atoms with Crippen LogP contribution >= 0.6 is 11.8 Å². The number of hydrogen-bond donors (Lipinski definition) is 0. The fourth-order valence-electron chi connectivity index (χ4n) is 1.05. The molecule has 0 N–H and O–H groups in total. The number of carbonyl (C=O) groups is 1. The topological polar surface area (TPSA) is 74.5 Å². The molecule has 0 aromatic carbocycles. The number of ether oxygens (including phenoxy) is 2. The summed E-state index contributed by atoms with van der Waals surface area (Å²) in [6.45, 7) is 4.70. The van der Waals surface area contributed by atoms with Crippen molar-refractivity contribution in [3.63, 3.8) is 0 Å². The van der Waals surface area contributed by atoms with Crippen molar-refractivity contribution in [3.05, 3.63) is 5.89 Å². The standard InChI is InChI=1S/C10H16N2O4S/c1-4-15-9(13)8-11-12-10(16-8)17-7(2)5-6-14-3/h7H,4-6H2,1-3H3. The van der Waals surface area contributed by atoms with E-state index in [1.165, 1.54) is 11.8 Å². The Balaban J connectivity index is 2.47. The van der Waals surface area contributed by atoms with Gasteiger partial charge in [0.25, 0.3) is 5.22 Å². The van der Waals surface area contributed by atoms with E-state index in [1.807, 2.05) is 6.92 Å². The van der Waals surface area contributed by atoms with Gasteiger partial charge in [-0.2, -0.15) is 0 Å². The van der Waals surface area contributed by atoms with Crippen LogP contribution in [0.2, 0.25) is 0 Å². The molecule has 1 unspecified atom stereocenters. The van der Waals surface area contributed by atoms with Gasteiger partial charge in [-0.25, -0.2) is 4.79 Å². The van der Waals surface area contributed by atoms with Crippen molar-refractivity contribution in [2.75, 3.05) is 20.3 Å². The number of hydrogen-bond acceptors (Lipinski definition) is 7. The van der Waals surface area contributed by atoms with Crippen molar-refractivity contribution in [1.82, 2.24) is 10.2 Å². The van der Waals surface area contributed by atoms with Crippen molar-refractivity contribution >= 4 is 17.7 Å². The van der Waals surface area contributed by atoms with Gasteiger partial charge in [-0.05, 0) is 13.3 Å². The predicted molar refractivity (Wildman–Crippen MR) is 62.1 cm³/mol. The average Bonchev–Trinajstić information content (AvgIpc) is 2.75. The molecular formula is C10H16N2O4S. The Kier molecular flexibility index (Phi) is 5.99. The molecule has 0 saturated heterocycles. The van der Waals surface area contributed by atoms with Gasteiger partial charge in [-0.3, -0.25) is 0 Å². The van der Waals surface area contributed by atoms with Crippen LogP contribution in [0.15, 0.2) is 9.64 Å². The number of rotatable bonds is 7. The maximum Gasteiger partial charge on any atom is 0.396 e. The van der Waals surface area contributed by atoms with Crippen LogP contribution in [0.3, 0.4) is 0 Å². The molecule has 1 rings (SSSR count). The molecule has 1 atom stereocenters. The molecule has 1 heterocycles. The third kappa shape index (κ3) is 4.74. The van der Waals surface area contributed by atoms with Crippen LogP contribution in [0.1, 0.15) is 31.0 Å². The number of esters is 1. The summed E-state index contributed by atoms with van der Waals surface area (Å²) in [5.41, 5.74) is 0. The van der Waals surface area contributed by atoms with E-state index in [9.17, 15) is 4.79 Å². The van der Waals surface area contributed by atoms with Crippen molar-refractivity contribution < 1.29 is 18.7 Å². The Morgan fingerprint density at radius 2 is 2.29 bits per heavy atom. The van der Waals surface area contributed by atoms with E-state index < -0.39 is 5.97 Å². The number of aromatic nitrogens is 2. The van der Waals surface area contributed by atoms with Crippen molar-refractivity contribution in [3.8, 4) is 0 Å². The molecule has 0 aliphatic heterocycles. The van der Waals surface area contributed by atoms with Gasteiger partial charge in [0.2, 0.25) is 0 Å². The molecule has 0 aliphatic rings. The number of nitrogens with zero attached hydrogens (tertiary/aromatic N) is 2. The van der Waals surface area contributed by atoms with E-state index in [2.05, 4.69) is 10.2 Å². The first-order valence-electron chi connectivity index (χ1n) is 5.33. The lowest BCUT2D eigenvalue weighted by atomic mass is 10.3. The zero-order chi connectivity index (χ0) is 12.7. The predicted octanol–water partition coefficient (Wildman–Crippen LogP) is 1.76. The van der Waals surface area contributed by atoms with Crippen molar-refractivity contribution in [2.24, 2.45) is 0 Å². The third-order valence-electron chi connectivity index (χ3n) is 1.89. The second-order valence-corrected chi connectivity index (χ2v) is 4.69. The third-order valence-corrected chi connectivity index (χ3v) is 2.89. The Morgan fingerprint density at radius 1 is 1.53 bits per heavy atom. The van der Waals surface area contributed by atoms with Gasteiger partial charge in [0.1, 0.15) is 0 Å². The minimum absolute atomic E-state index is 0.103. The van der Waals surface area contributed by atoms with Crippen LogP contribution in [-0.4, -0.2) is 41.7 Å². The molecule has 6 nitrogen and oxygen atoms in total. The molecular weight excluding hydrogens is 244 g/mol. The van der Waals surface area contributed by atoms with Crippen molar-refractivity contribution in [2.45, 2.75) is 30.7 Å². The van der Waals surface area contributed by atoms with E-state index in [-0.39, 0.29) is 17.7 Å². The molecule has 7 heteroatoms. The zero-order valence-corrected chi connectivity index (χ0v) is 11.0. The normalized spacial score (nSPS) is 12.4. The van der Waals surface area contributed by atoms with Gasteiger partial charge < -0.3 is 13.9 Å². The average molecular weight is 260 g/mol. The molecule has 0 radical (unpaired) electrons. The Morgan fingerprint density at radius 3 is 2.94 bits per heavy atom. The zero-order valence-electron chi connectivity index (χ0n) is 10.1. The summed E-state index contributed by atoms with van der Waals surface area (Å²) in [7, 11) is 1.66. The summed E-state index contributed by atoms with van der Waals surface area (Å²) in [6, 6.07) is 0. The molecule has 96 valence electrons. The molecule has 0 spiro atoms. The molecule has 1 aromatic rings. The molecule has 17 heavy (non-hydrogen) atoms. The second-order valence-electron chi connectivity index (χ2n) is 3.30. The molecule has 0 bridgehead atoms. The van der Waals surface area contributed by atoms with Crippen LogP contribution in [-0.2, 0) is 9.47 Å². The maximum atomic E-state index is 11.3. The molecule has 0 amide bonds. The Labute approximate surface area is 104 Å². The first-order chi connectivity index (χ1) is 8.17. The number of methoxy groups -OCH3 is 1. The van der Waals surface area contributed by atoms with E-state index >= 15 is 0 Å². The highest BCUT2D eigenvalue weighted by Gasteiger charge is 2.17. The summed E-state index contributed by atoms with van der Waals surface area (Å²) in [4.78, 5) is 11.3. The van der Waals surface area contributed by atoms with Crippen LogP contribution in [0.4, 0.5) is 0 Å². The Bertz CT molecular complexity index is 356. The van der Waals surface area contributed by atoms with Gasteiger partial charge in [0, 0.05) is 19.0 Å². The number of carbonyl (C=O) groups excluding carboxylic acids is 1. The van der Waals surface area contributed by atoms with Gasteiger partial charge in [-0.15, -0.1) is 5.10 Å². The summed E-state index contributed by atoms with van der Waals surface area (Å²) in [5.74, 6) is -0.690. The van der Waals surface area contributed by atoms with E-state index in [0.29, 0.717) is 11.8 Å². The Hall–Kier alpha value is -1.08. The van der Waals surface area contributed by atoms with Gasteiger partial charge in [0.15, 0.2) is 0 Å². The van der Waals surface area contributed by atoms with E-state index in [1.54, 1.807) is 14.0 Å². The highest BCUT2D eigenvalue weighted by atomic mass is 32.2. The van der Waals surface area contributed by atoms with Crippen LogP contribution in [0.25, 0.3) is 0 Å². The highest BCUT2D eigenvalue weighted by molar-refractivity contribution is 7.99. The molecule has 0 aliphatic carbocycles. The summed E-state index contributed by atoms with van der Waals surface area (Å²) < 4.78 is 14.9. The first-order valence-corrected chi connectivity index (χ1v) is 6.21. The quantitative estimate of drug-likeness (QED) is 0.546. The van der Waals surface area contributed by atoms with Gasteiger partial charge in [0.05, 0.1) is 6.61 Å².